The lowest BCUT2D eigenvalue weighted by Gasteiger charge is -2.24. The van der Waals surface area contributed by atoms with Gasteiger partial charge in [-0.1, -0.05) is 31.9 Å². The third kappa shape index (κ3) is 4.75. The van der Waals surface area contributed by atoms with Gasteiger partial charge < -0.3 is 15.4 Å². The molecule has 1 fully saturated rings. The first kappa shape index (κ1) is 14.2. The van der Waals surface area contributed by atoms with Crippen LogP contribution in [0.5, 0.6) is 5.75 Å². The number of anilines is 1. The minimum atomic E-state index is 0.540. The molecule has 1 atom stereocenters. The normalized spacial score (nSPS) is 18.8. The van der Waals surface area contributed by atoms with Gasteiger partial charge in [0.2, 0.25) is 0 Å². The summed E-state index contributed by atoms with van der Waals surface area (Å²) in [4.78, 5) is 2.58. The molecule has 1 aromatic carbocycles. The number of likely N-dealkylation sites (tertiary alicyclic amines) is 1. The van der Waals surface area contributed by atoms with Crippen LogP contribution in [-0.4, -0.2) is 31.1 Å². The number of ether oxygens (including phenoxy) is 1. The maximum atomic E-state index is 5.88. The van der Waals surface area contributed by atoms with Crippen LogP contribution in [0, 0.1) is 5.92 Å². The van der Waals surface area contributed by atoms with Gasteiger partial charge in [0.15, 0.2) is 0 Å². The second-order valence-electron chi connectivity index (χ2n) is 5.67. The molecule has 1 unspecified atom stereocenters. The lowest BCUT2D eigenvalue weighted by atomic mass is 10.2. The van der Waals surface area contributed by atoms with Crippen molar-refractivity contribution in [2.24, 2.45) is 5.92 Å². The maximum Gasteiger partial charge on any atom is 0.142 e. The first-order valence-corrected chi connectivity index (χ1v) is 7.45. The van der Waals surface area contributed by atoms with Crippen LogP contribution in [0.2, 0.25) is 0 Å². The van der Waals surface area contributed by atoms with E-state index in [4.69, 9.17) is 10.5 Å². The van der Waals surface area contributed by atoms with Gasteiger partial charge in [0.25, 0.3) is 0 Å². The largest absolute Gasteiger partial charge is 0.491 e. The van der Waals surface area contributed by atoms with Crippen molar-refractivity contribution in [3.8, 4) is 5.75 Å². The molecule has 1 aliphatic rings. The number of hydrogen-bond donors (Lipinski definition) is 1. The molecular weight excluding hydrogens is 236 g/mol. The average molecular weight is 262 g/mol. The molecule has 0 amide bonds. The summed E-state index contributed by atoms with van der Waals surface area (Å²) in [5, 5.41) is 0. The van der Waals surface area contributed by atoms with Crippen molar-refractivity contribution >= 4 is 5.69 Å². The highest BCUT2D eigenvalue weighted by Crippen LogP contribution is 2.20. The van der Waals surface area contributed by atoms with E-state index in [2.05, 4.69) is 11.8 Å². The van der Waals surface area contributed by atoms with Crippen LogP contribution in [-0.2, 0) is 0 Å². The van der Waals surface area contributed by atoms with E-state index in [9.17, 15) is 0 Å². The van der Waals surface area contributed by atoms with E-state index in [1.165, 1.54) is 38.8 Å². The van der Waals surface area contributed by atoms with E-state index in [0.29, 0.717) is 5.92 Å². The molecule has 1 saturated heterocycles. The minimum absolute atomic E-state index is 0.540. The molecule has 2 rings (SSSR count). The third-order valence-corrected chi connectivity index (χ3v) is 3.71. The van der Waals surface area contributed by atoms with Crippen molar-refractivity contribution in [1.82, 2.24) is 4.90 Å². The predicted octanol–water partition coefficient (Wildman–Crippen LogP) is 3.16. The van der Waals surface area contributed by atoms with Gasteiger partial charge in [-0.2, -0.15) is 0 Å². The summed E-state index contributed by atoms with van der Waals surface area (Å²) in [5.41, 5.74) is 6.60. The molecule has 3 heteroatoms. The van der Waals surface area contributed by atoms with E-state index >= 15 is 0 Å². The second-order valence-corrected chi connectivity index (χ2v) is 5.67. The SMILES string of the molecule is CC(COc1ccccc1N)CN1CCCCCC1. The summed E-state index contributed by atoms with van der Waals surface area (Å²) >= 11 is 0. The topological polar surface area (TPSA) is 38.5 Å². The molecule has 1 aliphatic heterocycles. The summed E-state index contributed by atoms with van der Waals surface area (Å²) in [6.45, 7) is 6.62. The number of hydrogen-bond acceptors (Lipinski definition) is 3. The molecule has 0 bridgehead atoms. The summed E-state index contributed by atoms with van der Waals surface area (Å²) < 4.78 is 5.82. The summed E-state index contributed by atoms with van der Waals surface area (Å²) in [5.74, 6) is 1.35. The highest BCUT2D eigenvalue weighted by molar-refractivity contribution is 5.51. The standard InChI is InChI=1S/C16H26N2O/c1-14(12-18-10-6-2-3-7-11-18)13-19-16-9-5-4-8-15(16)17/h4-5,8-9,14H,2-3,6-7,10-13,17H2,1H3. The summed E-state index contributed by atoms with van der Waals surface area (Å²) in [7, 11) is 0. The van der Waals surface area contributed by atoms with Gasteiger partial charge in [-0.15, -0.1) is 0 Å². The lowest BCUT2D eigenvalue weighted by molar-refractivity contribution is 0.189. The fourth-order valence-electron chi connectivity index (χ4n) is 2.66. The first-order valence-electron chi connectivity index (χ1n) is 7.45. The van der Waals surface area contributed by atoms with Crippen LogP contribution in [0.3, 0.4) is 0 Å². The monoisotopic (exact) mass is 262 g/mol. The summed E-state index contributed by atoms with van der Waals surface area (Å²) in [6.07, 6.45) is 5.47. The molecule has 1 aromatic rings. The fourth-order valence-corrected chi connectivity index (χ4v) is 2.66. The van der Waals surface area contributed by atoms with E-state index in [-0.39, 0.29) is 0 Å². The van der Waals surface area contributed by atoms with Gasteiger partial charge in [-0.05, 0) is 38.1 Å². The Morgan fingerprint density at radius 3 is 2.53 bits per heavy atom. The summed E-state index contributed by atoms with van der Waals surface area (Å²) in [6, 6.07) is 7.72. The van der Waals surface area contributed by atoms with E-state index < -0.39 is 0 Å². The van der Waals surface area contributed by atoms with Crippen LogP contribution in [0.4, 0.5) is 5.69 Å². The van der Waals surface area contributed by atoms with Crippen LogP contribution in [0.25, 0.3) is 0 Å². The van der Waals surface area contributed by atoms with Crippen LogP contribution >= 0.6 is 0 Å². The van der Waals surface area contributed by atoms with Crippen molar-refractivity contribution < 1.29 is 4.74 Å². The Morgan fingerprint density at radius 1 is 1.16 bits per heavy atom. The van der Waals surface area contributed by atoms with E-state index in [1.807, 2.05) is 24.3 Å². The first-order chi connectivity index (χ1) is 9.25. The Hall–Kier alpha value is -1.22. The van der Waals surface area contributed by atoms with Gasteiger partial charge in [0.05, 0.1) is 12.3 Å². The van der Waals surface area contributed by atoms with Crippen molar-refractivity contribution in [2.45, 2.75) is 32.6 Å². The highest BCUT2D eigenvalue weighted by atomic mass is 16.5. The van der Waals surface area contributed by atoms with Gasteiger partial charge in [-0.3, -0.25) is 0 Å². The smallest absolute Gasteiger partial charge is 0.142 e. The Morgan fingerprint density at radius 2 is 1.84 bits per heavy atom. The molecule has 0 saturated carbocycles. The second kappa shape index (κ2) is 7.39. The van der Waals surface area contributed by atoms with Crippen LogP contribution in [0.1, 0.15) is 32.6 Å². The Bertz CT molecular complexity index is 373. The van der Waals surface area contributed by atoms with Gasteiger partial charge in [-0.25, -0.2) is 0 Å². The fraction of sp³-hybridized carbons (Fsp3) is 0.625. The highest BCUT2D eigenvalue weighted by Gasteiger charge is 2.13. The van der Waals surface area contributed by atoms with Gasteiger partial charge in [0, 0.05) is 12.5 Å². The van der Waals surface area contributed by atoms with Crippen molar-refractivity contribution in [3.05, 3.63) is 24.3 Å². The number of para-hydroxylation sites is 2. The molecule has 0 spiro atoms. The molecule has 0 aliphatic carbocycles. The molecule has 1 heterocycles. The van der Waals surface area contributed by atoms with Crippen LogP contribution in [0.15, 0.2) is 24.3 Å². The van der Waals surface area contributed by atoms with E-state index in [1.54, 1.807) is 0 Å². The zero-order valence-corrected chi connectivity index (χ0v) is 12.0. The zero-order chi connectivity index (χ0) is 13.5. The lowest BCUT2D eigenvalue weighted by Crippen LogP contribution is -2.31. The number of nitrogens with two attached hydrogens (primary N) is 1. The predicted molar refractivity (Wildman–Crippen MR) is 80.4 cm³/mol. The van der Waals surface area contributed by atoms with Crippen LogP contribution < -0.4 is 10.5 Å². The third-order valence-electron chi connectivity index (χ3n) is 3.71. The van der Waals surface area contributed by atoms with Gasteiger partial charge >= 0.3 is 0 Å². The Kier molecular flexibility index (Phi) is 5.52. The molecular formula is C16H26N2O. The molecule has 0 aromatic heterocycles. The minimum Gasteiger partial charge on any atom is -0.491 e. The number of rotatable bonds is 5. The van der Waals surface area contributed by atoms with Crippen molar-refractivity contribution in [3.63, 3.8) is 0 Å². The molecule has 3 nitrogen and oxygen atoms in total. The molecule has 19 heavy (non-hydrogen) atoms. The van der Waals surface area contributed by atoms with Gasteiger partial charge in [0.1, 0.15) is 5.75 Å². The molecule has 2 N–H and O–H groups in total. The quantitative estimate of drug-likeness (QED) is 0.828. The average Bonchev–Trinajstić information content (AvgIpc) is 2.66. The Balaban J connectivity index is 1.74. The number of nitrogen functional groups attached to an aromatic ring is 1. The molecule has 106 valence electrons. The zero-order valence-electron chi connectivity index (χ0n) is 12.0. The van der Waals surface area contributed by atoms with Crippen molar-refractivity contribution in [1.29, 1.82) is 0 Å². The Labute approximate surface area is 116 Å². The maximum absolute atomic E-state index is 5.88. The number of benzene rings is 1. The van der Waals surface area contributed by atoms with E-state index in [0.717, 1.165) is 24.6 Å². The van der Waals surface area contributed by atoms with Crippen molar-refractivity contribution in [2.75, 3.05) is 32.0 Å². The number of nitrogens with zero attached hydrogens (tertiary/aromatic N) is 1. The molecule has 0 radical (unpaired) electrons.